The summed E-state index contributed by atoms with van der Waals surface area (Å²) in [6.45, 7) is -0.245. The highest BCUT2D eigenvalue weighted by atomic mass is 19.4. The van der Waals surface area contributed by atoms with Crippen molar-refractivity contribution in [2.45, 2.75) is 12.8 Å². The van der Waals surface area contributed by atoms with Crippen LogP contribution in [0.3, 0.4) is 0 Å². The van der Waals surface area contributed by atoms with E-state index in [1.165, 1.54) is 18.2 Å². The first kappa shape index (κ1) is 15.0. The van der Waals surface area contributed by atoms with Crippen LogP contribution < -0.4 is 16.0 Å². The summed E-state index contributed by atoms with van der Waals surface area (Å²) in [4.78, 5) is 3.73. The Morgan fingerprint density at radius 3 is 2.52 bits per heavy atom. The molecule has 2 aromatic rings. The number of alkyl halides is 3. The molecule has 0 fully saturated rings. The van der Waals surface area contributed by atoms with Crippen molar-refractivity contribution < 1.29 is 22.3 Å². The number of hydrogen-bond donors (Lipinski definition) is 2. The number of anilines is 1. The molecule has 1 heterocycles. The van der Waals surface area contributed by atoms with Crippen molar-refractivity contribution in [3.8, 4) is 5.88 Å². The van der Waals surface area contributed by atoms with E-state index in [2.05, 4.69) is 4.98 Å². The minimum Gasteiger partial charge on any atom is -0.473 e. The average Bonchev–Trinajstić information content (AvgIpc) is 2.45. The van der Waals surface area contributed by atoms with E-state index in [-0.39, 0.29) is 23.9 Å². The van der Waals surface area contributed by atoms with Crippen molar-refractivity contribution in [2.75, 3.05) is 5.43 Å². The molecule has 112 valence electrons. The summed E-state index contributed by atoms with van der Waals surface area (Å²) in [5.74, 6) is 4.05. The van der Waals surface area contributed by atoms with Crippen LogP contribution in [-0.2, 0) is 12.8 Å². The summed E-state index contributed by atoms with van der Waals surface area (Å²) >= 11 is 0. The number of pyridine rings is 1. The van der Waals surface area contributed by atoms with Gasteiger partial charge in [0.05, 0.1) is 5.56 Å². The summed E-state index contributed by atoms with van der Waals surface area (Å²) in [5, 5.41) is 0. The van der Waals surface area contributed by atoms with Crippen molar-refractivity contribution in [3.05, 3.63) is 53.3 Å². The normalized spacial score (nSPS) is 11.3. The number of ether oxygens (including phenoxy) is 1. The zero-order chi connectivity index (χ0) is 15.5. The third-order valence-corrected chi connectivity index (χ3v) is 2.61. The van der Waals surface area contributed by atoms with E-state index in [0.717, 1.165) is 12.1 Å². The molecule has 1 aromatic heterocycles. The van der Waals surface area contributed by atoms with Crippen LogP contribution in [0.15, 0.2) is 36.4 Å². The molecule has 3 N–H and O–H groups in total. The molecule has 0 aliphatic heterocycles. The Labute approximate surface area is 117 Å². The SMILES string of the molecule is NNc1cc(C(F)(F)F)cc(OCc2ccccc2F)n1. The van der Waals surface area contributed by atoms with Crippen LogP contribution in [0.5, 0.6) is 5.88 Å². The number of hydrogen-bond acceptors (Lipinski definition) is 4. The molecule has 0 atom stereocenters. The van der Waals surface area contributed by atoms with Gasteiger partial charge in [0.25, 0.3) is 0 Å². The van der Waals surface area contributed by atoms with Gasteiger partial charge in [-0.05, 0) is 12.1 Å². The van der Waals surface area contributed by atoms with Gasteiger partial charge in [-0.1, -0.05) is 18.2 Å². The Morgan fingerprint density at radius 2 is 1.90 bits per heavy atom. The molecule has 0 saturated heterocycles. The lowest BCUT2D eigenvalue weighted by Gasteiger charge is -2.12. The van der Waals surface area contributed by atoms with Gasteiger partial charge in [-0.15, -0.1) is 0 Å². The molecule has 8 heteroatoms. The van der Waals surface area contributed by atoms with Gasteiger partial charge in [0.15, 0.2) is 0 Å². The number of nitrogen functional groups attached to an aromatic ring is 1. The average molecular weight is 301 g/mol. The van der Waals surface area contributed by atoms with Crippen LogP contribution in [0.4, 0.5) is 23.4 Å². The molecule has 0 aliphatic rings. The summed E-state index contributed by atoms with van der Waals surface area (Å²) in [6.07, 6.45) is -4.56. The van der Waals surface area contributed by atoms with E-state index in [0.29, 0.717) is 0 Å². The maximum atomic E-state index is 13.4. The third-order valence-electron chi connectivity index (χ3n) is 2.61. The zero-order valence-electron chi connectivity index (χ0n) is 10.6. The maximum Gasteiger partial charge on any atom is 0.416 e. The van der Waals surface area contributed by atoms with Gasteiger partial charge in [0.1, 0.15) is 18.2 Å². The van der Waals surface area contributed by atoms with Crippen LogP contribution in [0.1, 0.15) is 11.1 Å². The Bertz CT molecular complexity index is 631. The standard InChI is InChI=1S/C13H11F4N3O/c14-10-4-2-1-3-8(10)7-21-12-6-9(13(15,16)17)5-11(19-12)20-18/h1-6H,7,18H2,(H,19,20). The van der Waals surface area contributed by atoms with E-state index in [1.807, 2.05) is 5.43 Å². The highest BCUT2D eigenvalue weighted by Crippen LogP contribution is 2.32. The van der Waals surface area contributed by atoms with Crippen LogP contribution >= 0.6 is 0 Å². The molecular formula is C13H11F4N3O. The zero-order valence-corrected chi connectivity index (χ0v) is 10.6. The summed E-state index contributed by atoms with van der Waals surface area (Å²) in [6, 6.07) is 7.25. The lowest BCUT2D eigenvalue weighted by atomic mass is 10.2. The van der Waals surface area contributed by atoms with E-state index >= 15 is 0 Å². The monoisotopic (exact) mass is 301 g/mol. The summed E-state index contributed by atoms with van der Waals surface area (Å²) in [5.41, 5.74) is 1.27. The number of halogens is 4. The molecule has 21 heavy (non-hydrogen) atoms. The lowest BCUT2D eigenvalue weighted by molar-refractivity contribution is -0.137. The highest BCUT2D eigenvalue weighted by Gasteiger charge is 2.32. The third kappa shape index (κ3) is 3.82. The fraction of sp³-hybridized carbons (Fsp3) is 0.154. The quantitative estimate of drug-likeness (QED) is 0.517. The number of nitrogens with zero attached hydrogens (tertiary/aromatic N) is 1. The van der Waals surface area contributed by atoms with Crippen molar-refractivity contribution in [1.82, 2.24) is 4.98 Å². The van der Waals surface area contributed by atoms with Crippen molar-refractivity contribution in [2.24, 2.45) is 5.84 Å². The van der Waals surface area contributed by atoms with Crippen molar-refractivity contribution in [3.63, 3.8) is 0 Å². The molecule has 0 saturated carbocycles. The minimum absolute atomic E-state index is 0.201. The largest absolute Gasteiger partial charge is 0.473 e. The van der Waals surface area contributed by atoms with Crippen LogP contribution in [0, 0.1) is 5.82 Å². The highest BCUT2D eigenvalue weighted by molar-refractivity contribution is 5.41. The topological polar surface area (TPSA) is 60.2 Å². The van der Waals surface area contributed by atoms with Gasteiger partial charge in [0.2, 0.25) is 5.88 Å². The van der Waals surface area contributed by atoms with Gasteiger partial charge in [-0.25, -0.2) is 10.2 Å². The predicted octanol–water partition coefficient (Wildman–Crippen LogP) is 3.10. The maximum absolute atomic E-state index is 13.4. The first-order chi connectivity index (χ1) is 9.90. The van der Waals surface area contributed by atoms with Gasteiger partial charge in [-0.3, -0.25) is 0 Å². The Kier molecular flexibility index (Phi) is 4.27. The molecular weight excluding hydrogens is 290 g/mol. The van der Waals surface area contributed by atoms with E-state index in [4.69, 9.17) is 10.6 Å². The molecule has 0 amide bonds. The molecule has 2 rings (SSSR count). The summed E-state index contributed by atoms with van der Waals surface area (Å²) in [7, 11) is 0. The molecule has 4 nitrogen and oxygen atoms in total. The fourth-order valence-corrected chi connectivity index (χ4v) is 1.58. The molecule has 0 unspecified atom stereocenters. The van der Waals surface area contributed by atoms with Gasteiger partial charge in [0, 0.05) is 11.6 Å². The second-order valence-electron chi connectivity index (χ2n) is 4.10. The predicted molar refractivity (Wildman–Crippen MR) is 67.8 cm³/mol. The smallest absolute Gasteiger partial charge is 0.416 e. The molecule has 0 radical (unpaired) electrons. The first-order valence-electron chi connectivity index (χ1n) is 5.82. The minimum atomic E-state index is -4.56. The Hall–Kier alpha value is -2.35. The van der Waals surface area contributed by atoms with Gasteiger partial charge >= 0.3 is 6.18 Å². The number of nitrogens with one attached hydrogen (secondary N) is 1. The number of aromatic nitrogens is 1. The summed E-state index contributed by atoms with van der Waals surface area (Å²) < 4.78 is 56.6. The molecule has 1 aromatic carbocycles. The second kappa shape index (κ2) is 5.96. The first-order valence-corrected chi connectivity index (χ1v) is 5.82. The number of benzene rings is 1. The van der Waals surface area contributed by atoms with Crippen LogP contribution in [0.2, 0.25) is 0 Å². The molecule has 0 aliphatic carbocycles. The van der Waals surface area contributed by atoms with Crippen LogP contribution in [-0.4, -0.2) is 4.98 Å². The molecule has 0 spiro atoms. The Morgan fingerprint density at radius 1 is 1.19 bits per heavy atom. The second-order valence-corrected chi connectivity index (χ2v) is 4.10. The van der Waals surface area contributed by atoms with E-state index < -0.39 is 17.6 Å². The number of hydrazine groups is 1. The van der Waals surface area contributed by atoms with Crippen LogP contribution in [0.25, 0.3) is 0 Å². The number of nitrogens with two attached hydrogens (primary N) is 1. The van der Waals surface area contributed by atoms with Crippen molar-refractivity contribution in [1.29, 1.82) is 0 Å². The van der Waals surface area contributed by atoms with Gasteiger partial charge < -0.3 is 10.2 Å². The Balaban J connectivity index is 2.22. The van der Waals surface area contributed by atoms with E-state index in [1.54, 1.807) is 6.07 Å². The number of rotatable bonds is 4. The van der Waals surface area contributed by atoms with Crippen molar-refractivity contribution >= 4 is 5.82 Å². The van der Waals surface area contributed by atoms with Gasteiger partial charge in [-0.2, -0.15) is 18.2 Å². The fourth-order valence-electron chi connectivity index (χ4n) is 1.58. The molecule has 0 bridgehead atoms. The lowest BCUT2D eigenvalue weighted by Crippen LogP contribution is -2.13. The van der Waals surface area contributed by atoms with E-state index in [9.17, 15) is 17.6 Å².